The maximum Gasteiger partial charge on any atom is 0.274 e. The second-order valence-corrected chi connectivity index (χ2v) is 4.00. The lowest BCUT2D eigenvalue weighted by atomic mass is 10.2. The maximum absolute atomic E-state index is 11.6. The summed E-state index contributed by atoms with van der Waals surface area (Å²) in [5.74, 6) is 0.454. The Morgan fingerprint density at radius 3 is 3.00 bits per heavy atom. The van der Waals surface area contributed by atoms with E-state index in [-0.39, 0.29) is 5.56 Å². The highest BCUT2D eigenvalue weighted by Crippen LogP contribution is 2.08. The highest BCUT2D eigenvalue weighted by molar-refractivity contribution is 7.98. The zero-order valence-corrected chi connectivity index (χ0v) is 9.47. The van der Waals surface area contributed by atoms with Crippen LogP contribution in [-0.2, 0) is 6.42 Å². The molecule has 0 aliphatic heterocycles. The van der Waals surface area contributed by atoms with Crippen LogP contribution >= 0.6 is 11.8 Å². The van der Waals surface area contributed by atoms with Gasteiger partial charge in [0, 0.05) is 6.07 Å². The Morgan fingerprint density at radius 1 is 1.53 bits per heavy atom. The largest absolute Gasteiger partial charge is 0.274 e. The molecule has 1 N–H and O–H groups in total. The van der Waals surface area contributed by atoms with Crippen molar-refractivity contribution in [2.24, 2.45) is 0 Å². The van der Waals surface area contributed by atoms with Crippen LogP contribution in [0, 0.1) is 0 Å². The van der Waals surface area contributed by atoms with E-state index in [4.69, 9.17) is 0 Å². The van der Waals surface area contributed by atoms with Crippen LogP contribution in [0.5, 0.6) is 0 Å². The number of thioether (sulfide) groups is 1. The molecule has 2 rings (SSSR count). The van der Waals surface area contributed by atoms with Crippen molar-refractivity contribution >= 4 is 17.5 Å². The average Bonchev–Trinajstić information content (AvgIpc) is 2.62. The molecule has 0 saturated carbocycles. The predicted molar refractivity (Wildman–Crippen MR) is 59.4 cm³/mol. The van der Waals surface area contributed by atoms with Crippen LogP contribution in [0.25, 0.3) is 5.78 Å². The van der Waals surface area contributed by atoms with Gasteiger partial charge in [0.05, 0.1) is 5.69 Å². The van der Waals surface area contributed by atoms with Crippen molar-refractivity contribution in [3.05, 3.63) is 22.1 Å². The molecule has 0 saturated heterocycles. The van der Waals surface area contributed by atoms with Gasteiger partial charge in [0.15, 0.2) is 5.16 Å². The third-order valence-electron chi connectivity index (χ3n) is 2.06. The summed E-state index contributed by atoms with van der Waals surface area (Å²) >= 11 is 1.46. The summed E-state index contributed by atoms with van der Waals surface area (Å²) in [5.41, 5.74) is 0.706. The number of rotatable bonds is 3. The molecule has 2 heterocycles. The van der Waals surface area contributed by atoms with E-state index in [0.29, 0.717) is 10.9 Å². The SMILES string of the molecule is CCCc1cc(=O)n2[nH]c(SC)nc2n1. The Balaban J connectivity index is 2.60. The van der Waals surface area contributed by atoms with Crippen LogP contribution in [0.3, 0.4) is 0 Å². The third-order valence-corrected chi connectivity index (χ3v) is 2.63. The molecule has 0 amide bonds. The zero-order valence-electron chi connectivity index (χ0n) is 8.65. The van der Waals surface area contributed by atoms with Crippen molar-refractivity contribution in [1.29, 1.82) is 0 Å². The number of aromatic amines is 1. The number of hydrogen-bond donors (Lipinski definition) is 1. The normalized spacial score (nSPS) is 11.1. The summed E-state index contributed by atoms with van der Waals surface area (Å²) < 4.78 is 1.37. The summed E-state index contributed by atoms with van der Waals surface area (Å²) in [6.07, 6.45) is 3.69. The van der Waals surface area contributed by atoms with Crippen LogP contribution in [0.2, 0.25) is 0 Å². The average molecular weight is 224 g/mol. The summed E-state index contributed by atoms with van der Waals surface area (Å²) in [7, 11) is 0. The van der Waals surface area contributed by atoms with Gasteiger partial charge in [-0.15, -0.1) is 0 Å². The fraction of sp³-hybridized carbons (Fsp3) is 0.444. The van der Waals surface area contributed by atoms with Crippen LogP contribution in [0.4, 0.5) is 0 Å². The number of aryl methyl sites for hydroxylation is 1. The minimum atomic E-state index is -0.101. The Morgan fingerprint density at radius 2 is 2.33 bits per heavy atom. The molecule has 2 aromatic heterocycles. The van der Waals surface area contributed by atoms with Gasteiger partial charge < -0.3 is 0 Å². The van der Waals surface area contributed by atoms with E-state index in [2.05, 4.69) is 22.0 Å². The standard InChI is InChI=1S/C9H12N4OS/c1-3-4-6-5-7(14)13-8(10-6)11-9(12-13)15-2/h5H,3-4H2,1-2H3,(H,10,11,12). The van der Waals surface area contributed by atoms with Crippen molar-refractivity contribution in [2.45, 2.75) is 24.9 Å². The van der Waals surface area contributed by atoms with E-state index < -0.39 is 0 Å². The summed E-state index contributed by atoms with van der Waals surface area (Å²) in [5, 5.41) is 3.58. The number of H-pyrrole nitrogens is 1. The number of fused-ring (bicyclic) bond motifs is 1. The van der Waals surface area contributed by atoms with Crippen molar-refractivity contribution in [2.75, 3.05) is 6.26 Å². The van der Waals surface area contributed by atoms with E-state index in [1.165, 1.54) is 16.3 Å². The van der Waals surface area contributed by atoms with Crippen LogP contribution in [0.15, 0.2) is 16.0 Å². The first kappa shape index (κ1) is 10.2. The number of aromatic nitrogens is 4. The molecule has 15 heavy (non-hydrogen) atoms. The van der Waals surface area contributed by atoms with E-state index in [1.54, 1.807) is 6.07 Å². The molecule has 0 fully saturated rings. The molecule has 0 unspecified atom stereocenters. The first-order valence-corrected chi connectivity index (χ1v) is 5.99. The lowest BCUT2D eigenvalue weighted by molar-refractivity contribution is 0.821. The van der Waals surface area contributed by atoms with Crippen LogP contribution in [-0.4, -0.2) is 25.8 Å². The van der Waals surface area contributed by atoms with E-state index >= 15 is 0 Å². The minimum Gasteiger partial charge on any atom is -0.267 e. The number of hydrogen-bond acceptors (Lipinski definition) is 4. The highest BCUT2D eigenvalue weighted by Gasteiger charge is 2.06. The van der Waals surface area contributed by atoms with Crippen molar-refractivity contribution in [1.82, 2.24) is 19.6 Å². The van der Waals surface area contributed by atoms with Crippen LogP contribution in [0.1, 0.15) is 19.0 Å². The lowest BCUT2D eigenvalue weighted by Gasteiger charge is -1.96. The highest BCUT2D eigenvalue weighted by atomic mass is 32.2. The molecule has 2 aromatic rings. The van der Waals surface area contributed by atoms with Gasteiger partial charge in [-0.2, -0.15) is 9.50 Å². The summed E-state index contributed by atoms with van der Waals surface area (Å²) in [6, 6.07) is 1.55. The summed E-state index contributed by atoms with van der Waals surface area (Å²) in [4.78, 5) is 20.1. The van der Waals surface area contributed by atoms with E-state index in [9.17, 15) is 4.79 Å². The molecule has 0 aromatic carbocycles. The Kier molecular flexibility index (Phi) is 2.77. The molecule has 0 radical (unpaired) electrons. The number of nitrogens with one attached hydrogen (secondary N) is 1. The van der Waals surface area contributed by atoms with Crippen molar-refractivity contribution in [3.8, 4) is 0 Å². The molecule has 0 aliphatic rings. The third kappa shape index (κ3) is 1.90. The monoisotopic (exact) mass is 224 g/mol. The van der Waals surface area contributed by atoms with Gasteiger partial charge in [-0.1, -0.05) is 25.1 Å². The second-order valence-electron chi connectivity index (χ2n) is 3.20. The van der Waals surface area contributed by atoms with Crippen molar-refractivity contribution < 1.29 is 0 Å². The molecule has 0 atom stereocenters. The molecule has 0 spiro atoms. The lowest BCUT2D eigenvalue weighted by Crippen LogP contribution is -2.15. The van der Waals surface area contributed by atoms with Gasteiger partial charge in [0.1, 0.15) is 0 Å². The molecule has 6 heteroatoms. The van der Waals surface area contributed by atoms with Gasteiger partial charge in [-0.05, 0) is 12.7 Å². The fourth-order valence-electron chi connectivity index (χ4n) is 1.38. The quantitative estimate of drug-likeness (QED) is 0.793. The molecule has 80 valence electrons. The predicted octanol–water partition coefficient (Wildman–Crippen LogP) is 1.09. The molecular weight excluding hydrogens is 212 g/mol. The van der Waals surface area contributed by atoms with E-state index in [1.807, 2.05) is 6.26 Å². The second kappa shape index (κ2) is 4.06. The zero-order chi connectivity index (χ0) is 10.8. The first-order valence-electron chi connectivity index (χ1n) is 4.77. The van der Waals surface area contributed by atoms with Crippen molar-refractivity contribution in [3.63, 3.8) is 0 Å². The van der Waals surface area contributed by atoms with Gasteiger partial charge in [-0.3, -0.25) is 9.89 Å². The van der Waals surface area contributed by atoms with E-state index in [0.717, 1.165) is 18.5 Å². The minimum absolute atomic E-state index is 0.101. The van der Waals surface area contributed by atoms with Gasteiger partial charge >= 0.3 is 0 Å². The molecule has 0 bridgehead atoms. The molecular formula is C9H12N4OS. The first-order chi connectivity index (χ1) is 7.24. The maximum atomic E-state index is 11.6. The Labute approximate surface area is 90.9 Å². The topological polar surface area (TPSA) is 63.0 Å². The fourth-order valence-corrected chi connectivity index (χ4v) is 1.74. The Bertz CT molecular complexity index is 530. The molecule has 5 nitrogen and oxygen atoms in total. The summed E-state index contributed by atoms with van der Waals surface area (Å²) in [6.45, 7) is 2.06. The van der Waals surface area contributed by atoms with Gasteiger partial charge in [0.25, 0.3) is 11.3 Å². The number of nitrogens with zero attached hydrogens (tertiary/aromatic N) is 3. The molecule has 0 aliphatic carbocycles. The van der Waals surface area contributed by atoms with Gasteiger partial charge in [0.2, 0.25) is 0 Å². The smallest absolute Gasteiger partial charge is 0.267 e. The van der Waals surface area contributed by atoms with Gasteiger partial charge in [-0.25, -0.2) is 4.98 Å². The Hall–Kier alpha value is -1.30. The van der Waals surface area contributed by atoms with Crippen LogP contribution < -0.4 is 5.56 Å².